The van der Waals surface area contributed by atoms with Crippen LogP contribution in [0, 0.1) is 0 Å². The lowest BCUT2D eigenvalue weighted by Gasteiger charge is -2.02. The molecule has 0 aromatic rings. The molecular weight excluding hydrogens is 244 g/mol. The van der Waals surface area contributed by atoms with Gasteiger partial charge in [-0.15, -0.1) is 0 Å². The van der Waals surface area contributed by atoms with E-state index in [0.717, 1.165) is 38.5 Å². The monoisotopic (exact) mass is 270 g/mol. The molecule has 0 aliphatic carbocycles. The smallest absolute Gasteiger partial charge is 0.330 e. The van der Waals surface area contributed by atoms with E-state index in [-0.39, 0.29) is 12.4 Å². The number of hydrogen-bond donors (Lipinski definition) is 0. The van der Waals surface area contributed by atoms with Crippen LogP contribution in [-0.4, -0.2) is 25.2 Å². The van der Waals surface area contributed by atoms with Crippen LogP contribution in [0.4, 0.5) is 0 Å². The molecule has 0 bridgehead atoms. The highest BCUT2D eigenvalue weighted by atomic mass is 16.5. The van der Waals surface area contributed by atoms with E-state index in [1.54, 1.807) is 0 Å². The van der Waals surface area contributed by atoms with Crippen LogP contribution in [-0.2, 0) is 19.1 Å². The molecular formula is C15H26O4. The molecule has 0 saturated heterocycles. The Morgan fingerprint density at radius 3 is 2.05 bits per heavy atom. The van der Waals surface area contributed by atoms with E-state index in [1.807, 2.05) is 0 Å². The molecule has 0 fully saturated rings. The number of esters is 2. The second-order valence-electron chi connectivity index (χ2n) is 4.41. The Morgan fingerprint density at radius 1 is 0.895 bits per heavy atom. The van der Waals surface area contributed by atoms with Crippen LogP contribution in [0.1, 0.15) is 58.8 Å². The lowest BCUT2D eigenvalue weighted by molar-refractivity contribution is -0.142. The quantitative estimate of drug-likeness (QED) is 0.328. The molecule has 0 unspecified atom stereocenters. The second-order valence-corrected chi connectivity index (χ2v) is 4.41. The van der Waals surface area contributed by atoms with Crippen LogP contribution in [0.5, 0.6) is 0 Å². The third-order valence-corrected chi connectivity index (χ3v) is 2.54. The Hall–Kier alpha value is -1.32. The third kappa shape index (κ3) is 12.9. The molecule has 0 aliphatic heterocycles. The number of rotatable bonds is 11. The van der Waals surface area contributed by atoms with E-state index in [9.17, 15) is 9.59 Å². The molecule has 0 heterocycles. The normalized spacial score (nSPS) is 10.6. The number of unbranched alkanes of at least 4 members (excludes halogenated alkanes) is 4. The van der Waals surface area contributed by atoms with Crippen molar-refractivity contribution in [3.63, 3.8) is 0 Å². The van der Waals surface area contributed by atoms with Gasteiger partial charge in [-0.25, -0.2) is 4.79 Å². The maximum Gasteiger partial charge on any atom is 0.330 e. The van der Waals surface area contributed by atoms with Crippen molar-refractivity contribution in [1.82, 2.24) is 0 Å². The van der Waals surface area contributed by atoms with Crippen molar-refractivity contribution in [3.05, 3.63) is 12.2 Å². The predicted octanol–water partition coefficient (Wildman–Crippen LogP) is 3.40. The molecule has 0 aromatic heterocycles. The average molecular weight is 270 g/mol. The molecule has 0 atom stereocenters. The summed E-state index contributed by atoms with van der Waals surface area (Å²) in [6.07, 6.45) is 8.99. The zero-order chi connectivity index (χ0) is 14.3. The van der Waals surface area contributed by atoms with E-state index in [4.69, 9.17) is 9.47 Å². The lowest BCUT2D eigenvalue weighted by Crippen LogP contribution is -2.05. The van der Waals surface area contributed by atoms with E-state index >= 15 is 0 Å². The zero-order valence-corrected chi connectivity index (χ0v) is 12.2. The van der Waals surface area contributed by atoms with Gasteiger partial charge in [0.2, 0.25) is 0 Å². The summed E-state index contributed by atoms with van der Waals surface area (Å²) in [7, 11) is 0. The first kappa shape index (κ1) is 17.7. The third-order valence-electron chi connectivity index (χ3n) is 2.54. The Bertz CT molecular complexity index is 271. The molecule has 0 saturated carbocycles. The van der Waals surface area contributed by atoms with E-state index < -0.39 is 5.97 Å². The van der Waals surface area contributed by atoms with Crippen LogP contribution < -0.4 is 0 Å². The highest BCUT2D eigenvalue weighted by Crippen LogP contribution is 1.98. The number of carbonyl (C=O) groups excluding carboxylic acids is 2. The number of ether oxygens (including phenoxy) is 2. The Morgan fingerprint density at radius 2 is 1.47 bits per heavy atom. The molecule has 0 aliphatic rings. The van der Waals surface area contributed by atoms with Crippen LogP contribution in [0.15, 0.2) is 12.2 Å². The fraction of sp³-hybridized carbons (Fsp3) is 0.733. The topological polar surface area (TPSA) is 52.6 Å². The average Bonchev–Trinajstić information content (AvgIpc) is 2.40. The van der Waals surface area contributed by atoms with Crippen molar-refractivity contribution in [2.24, 2.45) is 0 Å². The highest BCUT2D eigenvalue weighted by molar-refractivity contribution is 5.83. The van der Waals surface area contributed by atoms with Gasteiger partial charge in [-0.2, -0.15) is 0 Å². The van der Waals surface area contributed by atoms with Gasteiger partial charge in [-0.3, -0.25) is 4.79 Å². The summed E-state index contributed by atoms with van der Waals surface area (Å²) in [4.78, 5) is 22.5. The minimum Gasteiger partial charge on any atom is -0.465 e. The van der Waals surface area contributed by atoms with Crippen molar-refractivity contribution < 1.29 is 19.1 Å². The molecule has 0 radical (unpaired) electrons. The number of hydrogen-bond acceptors (Lipinski definition) is 4. The van der Waals surface area contributed by atoms with E-state index in [1.165, 1.54) is 12.2 Å². The zero-order valence-electron chi connectivity index (χ0n) is 12.2. The van der Waals surface area contributed by atoms with Crippen molar-refractivity contribution in [3.8, 4) is 0 Å². The van der Waals surface area contributed by atoms with Gasteiger partial charge in [-0.05, 0) is 12.8 Å². The fourth-order valence-corrected chi connectivity index (χ4v) is 1.42. The molecule has 4 nitrogen and oxygen atoms in total. The van der Waals surface area contributed by atoms with Gasteiger partial charge in [0.05, 0.1) is 19.6 Å². The van der Waals surface area contributed by atoms with E-state index in [2.05, 4.69) is 13.8 Å². The molecule has 0 aromatic carbocycles. The molecule has 0 N–H and O–H groups in total. The highest BCUT2D eigenvalue weighted by Gasteiger charge is 2.01. The van der Waals surface area contributed by atoms with Crippen molar-refractivity contribution in [2.45, 2.75) is 58.8 Å². The van der Waals surface area contributed by atoms with Crippen LogP contribution in [0.2, 0.25) is 0 Å². The maximum atomic E-state index is 11.3. The van der Waals surface area contributed by atoms with Gasteiger partial charge in [0.15, 0.2) is 0 Å². The minimum absolute atomic E-state index is 0.121. The first-order valence-electron chi connectivity index (χ1n) is 7.19. The van der Waals surface area contributed by atoms with Crippen molar-refractivity contribution in [2.75, 3.05) is 13.2 Å². The summed E-state index contributed by atoms with van der Waals surface area (Å²) >= 11 is 0. The lowest BCUT2D eigenvalue weighted by atomic mass is 10.3. The van der Waals surface area contributed by atoms with E-state index in [0.29, 0.717) is 13.2 Å². The first-order valence-corrected chi connectivity index (χ1v) is 7.19. The maximum absolute atomic E-state index is 11.3. The van der Waals surface area contributed by atoms with Crippen LogP contribution in [0.3, 0.4) is 0 Å². The molecule has 0 amide bonds. The van der Waals surface area contributed by atoms with Crippen LogP contribution in [0.25, 0.3) is 0 Å². The fourth-order valence-electron chi connectivity index (χ4n) is 1.42. The predicted molar refractivity (Wildman–Crippen MR) is 74.7 cm³/mol. The van der Waals surface area contributed by atoms with Gasteiger partial charge < -0.3 is 9.47 Å². The summed E-state index contributed by atoms with van der Waals surface area (Å²) in [5.41, 5.74) is 0. The minimum atomic E-state index is -0.394. The largest absolute Gasteiger partial charge is 0.465 e. The summed E-state index contributed by atoms with van der Waals surface area (Å²) < 4.78 is 9.96. The Kier molecular flexibility index (Phi) is 12.2. The summed E-state index contributed by atoms with van der Waals surface area (Å²) in [5.74, 6) is -0.693. The van der Waals surface area contributed by atoms with Gasteiger partial charge in [0, 0.05) is 6.08 Å². The molecule has 4 heteroatoms. The van der Waals surface area contributed by atoms with Crippen LogP contribution >= 0.6 is 0 Å². The van der Waals surface area contributed by atoms with Gasteiger partial charge in [0.25, 0.3) is 0 Å². The first-order chi connectivity index (χ1) is 9.20. The molecule has 110 valence electrons. The SMILES string of the molecule is CCCCCOC(=O)/C=C/CC(=O)OCCCCC. The second kappa shape index (κ2) is 13.1. The molecule has 0 spiro atoms. The summed E-state index contributed by atoms with van der Waals surface area (Å²) in [6, 6.07) is 0. The Balaban J connectivity index is 3.53. The molecule has 0 rings (SSSR count). The van der Waals surface area contributed by atoms with Crippen molar-refractivity contribution in [1.29, 1.82) is 0 Å². The van der Waals surface area contributed by atoms with Gasteiger partial charge >= 0.3 is 11.9 Å². The standard InChI is InChI=1S/C15H26O4/c1-3-5-7-12-18-14(16)10-9-11-15(17)19-13-8-6-4-2/h9-10H,3-8,11-13H2,1-2H3/b10-9+. The van der Waals surface area contributed by atoms with Gasteiger partial charge in [-0.1, -0.05) is 45.6 Å². The Labute approximate surface area is 116 Å². The summed E-state index contributed by atoms with van der Waals surface area (Å²) in [6.45, 7) is 5.09. The van der Waals surface area contributed by atoms with Gasteiger partial charge in [0.1, 0.15) is 0 Å². The van der Waals surface area contributed by atoms with Crippen molar-refractivity contribution >= 4 is 11.9 Å². The summed E-state index contributed by atoms with van der Waals surface area (Å²) in [5, 5.41) is 0. The number of carbonyl (C=O) groups is 2. The molecule has 19 heavy (non-hydrogen) atoms.